The fourth-order valence-electron chi connectivity index (χ4n) is 11.4. The first-order chi connectivity index (χ1) is 46.0. The van der Waals surface area contributed by atoms with Gasteiger partial charge >= 0.3 is 49.5 Å². The summed E-state index contributed by atoms with van der Waals surface area (Å²) in [4.78, 5) is 52.0. The smallest absolute Gasteiger partial charge is 0.663 e. The van der Waals surface area contributed by atoms with Crippen LogP contribution in [0.5, 0.6) is 0 Å². The fourth-order valence-corrected chi connectivity index (χ4v) is 11.4. The van der Waals surface area contributed by atoms with Crippen molar-refractivity contribution in [3.8, 4) is 0 Å². The Morgan fingerprint density at radius 3 is 0.394 bits per heavy atom. The van der Waals surface area contributed by atoms with Crippen molar-refractivity contribution in [1.29, 1.82) is 0 Å². The molecule has 99 heavy (non-hydrogen) atoms. The van der Waals surface area contributed by atoms with Gasteiger partial charge in [0.15, 0.2) is 0 Å². The molecule has 12 rings (SSSR count). The Morgan fingerprint density at radius 2 is 0.303 bits per heavy atom. The summed E-state index contributed by atoms with van der Waals surface area (Å²) in [6.45, 7) is 37.7. The maximum atomic E-state index is 4.50. The topological polar surface area (TPSA) is 159 Å². The zero-order valence-corrected chi connectivity index (χ0v) is 63.1. The molecule has 6 aromatic carbocycles. The minimum atomic E-state index is 0. The van der Waals surface area contributed by atoms with E-state index in [0.29, 0.717) is 0 Å². The third kappa shape index (κ3) is 26.4. The number of aromatic nitrogens is 6. The number of benzene rings is 6. The summed E-state index contributed by atoms with van der Waals surface area (Å²) in [5.74, 6) is 0. The van der Waals surface area contributed by atoms with Crippen molar-refractivity contribution in [2.24, 2.45) is 30.0 Å². The van der Waals surface area contributed by atoms with Crippen LogP contribution < -0.4 is 29.9 Å². The molecule has 0 aliphatic carbocycles. The van der Waals surface area contributed by atoms with Crippen LogP contribution in [-0.2, 0) is 49.5 Å². The van der Waals surface area contributed by atoms with E-state index in [1.54, 1.807) is 37.2 Å². The molecule has 0 aliphatic heterocycles. The second kappa shape index (κ2) is 41.0. The molecule has 6 heterocycles. The first-order valence-electron chi connectivity index (χ1n) is 32.2. The van der Waals surface area contributed by atoms with E-state index < -0.39 is 0 Å². The monoisotopic (exact) mass is 1440 g/mol. The maximum absolute atomic E-state index is 4.50. The van der Waals surface area contributed by atoms with E-state index in [9.17, 15) is 0 Å². The molecule has 0 spiro atoms. The first kappa shape index (κ1) is 81.9. The number of aryl methyl sites for hydroxylation is 18. The Hall–Kier alpha value is -9.50. The molecule has 0 unspecified atom stereocenters. The fraction of sp³-hybridized carbons (Fsp3) is 0.214. The Balaban J connectivity index is 0.000000251. The van der Waals surface area contributed by atoms with Crippen LogP contribution in [0.3, 0.4) is 0 Å². The molecule has 0 radical (unpaired) electrons. The molecular formula is C84H90N12Ni3. The van der Waals surface area contributed by atoms with Crippen molar-refractivity contribution >= 4 is 71.4 Å². The number of aliphatic imine (C=N–C) groups is 6. The maximum Gasteiger partial charge on any atom is 2.00 e. The van der Waals surface area contributed by atoms with Gasteiger partial charge in [0.2, 0.25) is 0 Å². The van der Waals surface area contributed by atoms with E-state index in [2.05, 4.69) is 257 Å². The second-order valence-electron chi connectivity index (χ2n) is 24.4. The van der Waals surface area contributed by atoms with E-state index in [0.717, 1.165) is 68.3 Å². The van der Waals surface area contributed by atoms with Crippen LogP contribution in [0, 0.1) is 125 Å². The molecular weight excluding hydrogens is 1350 g/mol. The van der Waals surface area contributed by atoms with Crippen LogP contribution in [0.4, 0.5) is 34.1 Å². The normalized spacial score (nSPS) is 10.8. The number of rotatable bonds is 12. The van der Waals surface area contributed by atoms with E-state index in [1.165, 1.54) is 100 Å². The van der Waals surface area contributed by atoms with Gasteiger partial charge in [-0.15, -0.1) is 34.2 Å². The Bertz CT molecular complexity index is 3680. The van der Waals surface area contributed by atoms with Crippen molar-refractivity contribution in [3.63, 3.8) is 0 Å². The van der Waals surface area contributed by atoms with Crippen molar-refractivity contribution in [2.75, 3.05) is 0 Å². The predicted octanol–water partition coefficient (Wildman–Crippen LogP) is 19.9. The molecule has 0 fully saturated rings. The molecule has 0 amide bonds. The number of hydrogen-bond donors (Lipinski definition) is 0. The van der Waals surface area contributed by atoms with Crippen molar-refractivity contribution < 1.29 is 49.5 Å². The van der Waals surface area contributed by atoms with Gasteiger partial charge in [-0.05, 0) is 191 Å². The summed E-state index contributed by atoms with van der Waals surface area (Å²) >= 11 is 0. The van der Waals surface area contributed by atoms with Crippen LogP contribution in [0.1, 0.15) is 134 Å². The minimum absolute atomic E-state index is 0. The van der Waals surface area contributed by atoms with Crippen LogP contribution >= 0.6 is 0 Å². The van der Waals surface area contributed by atoms with Crippen molar-refractivity contribution in [1.82, 2.24) is 29.9 Å². The summed E-state index contributed by atoms with van der Waals surface area (Å²) in [6, 6.07) is 49.0. The van der Waals surface area contributed by atoms with Gasteiger partial charge in [0, 0.05) is 37.3 Å². The Kier molecular flexibility index (Phi) is 34.0. The summed E-state index contributed by atoms with van der Waals surface area (Å²) in [7, 11) is 0. The van der Waals surface area contributed by atoms with E-state index in [-0.39, 0.29) is 49.5 Å². The quantitative estimate of drug-likeness (QED) is 0.0875. The zero-order chi connectivity index (χ0) is 69.3. The van der Waals surface area contributed by atoms with Gasteiger partial charge in [-0.2, -0.15) is 37.2 Å². The van der Waals surface area contributed by atoms with Crippen LogP contribution in [0.2, 0.25) is 0 Å². The number of nitrogens with zero attached hydrogens (tertiary/aromatic N) is 12. The van der Waals surface area contributed by atoms with Gasteiger partial charge < -0.3 is 29.9 Å². The van der Waals surface area contributed by atoms with Crippen LogP contribution in [0.25, 0.3) is 0 Å². The summed E-state index contributed by atoms with van der Waals surface area (Å²) in [5.41, 5.74) is 33.9. The van der Waals surface area contributed by atoms with Gasteiger partial charge in [-0.1, -0.05) is 179 Å². The van der Waals surface area contributed by atoms with Gasteiger partial charge in [-0.3, -0.25) is 30.0 Å². The van der Waals surface area contributed by atoms with Gasteiger partial charge in [-0.25, -0.2) is 0 Å². The molecule has 516 valence electrons. The third-order valence-electron chi connectivity index (χ3n) is 15.2. The average Bonchev–Trinajstić information content (AvgIpc) is 1.10. The summed E-state index contributed by atoms with van der Waals surface area (Å²) in [5, 5.41) is 0. The predicted molar refractivity (Wildman–Crippen MR) is 406 cm³/mol. The molecule has 0 saturated heterocycles. The first-order valence-corrected chi connectivity index (χ1v) is 32.2. The molecule has 0 bridgehead atoms. The van der Waals surface area contributed by atoms with Crippen molar-refractivity contribution in [3.05, 3.63) is 317 Å². The molecule has 6 aromatic heterocycles. The molecule has 12 nitrogen and oxygen atoms in total. The molecule has 0 saturated carbocycles. The molecule has 0 aliphatic rings. The average molecular weight is 1440 g/mol. The van der Waals surface area contributed by atoms with E-state index in [1.807, 2.05) is 110 Å². The zero-order valence-electron chi connectivity index (χ0n) is 60.1. The van der Waals surface area contributed by atoms with Gasteiger partial charge in [0.05, 0.1) is 34.1 Å². The van der Waals surface area contributed by atoms with Crippen LogP contribution in [0.15, 0.2) is 213 Å². The number of hydrogen-bond acceptors (Lipinski definition) is 6. The second-order valence-corrected chi connectivity index (χ2v) is 24.4. The molecule has 12 aromatic rings. The van der Waals surface area contributed by atoms with Crippen molar-refractivity contribution in [2.45, 2.75) is 125 Å². The SMILES string of the molecule is Cc1cc(C)c(N=Cc2ccc[n-]2)c(C)c1.Cc1cc(C)c(N=Cc2ccc[n-]2)c(C)c1.Cc1cc(C)c(N=Cc2ccc[n-]2)c(C)c1.Cc1cc(C)c(N=Cc2ccc[n-]2)c(C)c1.Cc1cc(C)c(N=Cc2ccc[n-]2)c(C)c1.Cc1cc(C)c(N=Cc2ccc[n-]2)c(C)c1.[Ni+2].[Ni+2].[Ni+2]. The standard InChI is InChI=1S/6C14H15N2.3Ni/c6*1-10-7-11(2)14(12(3)8-10)16-9-13-5-4-6-15-13;;;/h6*4-9H,1-3H3;;;/q6*-1;3*+2. The Morgan fingerprint density at radius 1 is 0.192 bits per heavy atom. The molecule has 15 heteroatoms. The molecule has 0 atom stereocenters. The summed E-state index contributed by atoms with van der Waals surface area (Å²) < 4.78 is 0. The molecule has 0 N–H and O–H groups in total. The largest absolute Gasteiger partial charge is 2.00 e. The van der Waals surface area contributed by atoms with E-state index in [4.69, 9.17) is 0 Å². The Labute approximate surface area is 618 Å². The summed E-state index contributed by atoms with van der Waals surface area (Å²) in [6.07, 6.45) is 21.5. The van der Waals surface area contributed by atoms with E-state index >= 15 is 0 Å². The third-order valence-corrected chi connectivity index (χ3v) is 15.2. The van der Waals surface area contributed by atoms with Gasteiger partial charge in [0.25, 0.3) is 0 Å². The van der Waals surface area contributed by atoms with Crippen LogP contribution in [-0.4, -0.2) is 37.3 Å². The van der Waals surface area contributed by atoms with Gasteiger partial charge in [0.1, 0.15) is 0 Å². The minimum Gasteiger partial charge on any atom is -0.663 e.